The largest absolute Gasteiger partial charge is 0.485 e. The molecule has 0 saturated heterocycles. The Morgan fingerprint density at radius 2 is 1.83 bits per heavy atom. The summed E-state index contributed by atoms with van der Waals surface area (Å²) in [7, 11) is 0. The van der Waals surface area contributed by atoms with Gasteiger partial charge in [-0.1, -0.05) is 47.6 Å². The molecule has 0 fully saturated rings. The normalized spacial score (nSPS) is 10.8. The molecule has 1 aromatic heterocycles. The average Bonchev–Trinajstić information content (AvgIpc) is 3.11. The van der Waals surface area contributed by atoms with Crippen LogP contribution in [0.25, 0.3) is 0 Å². The number of carbonyl (C=O) groups excluding carboxylic acids is 1. The monoisotopic (exact) mass is 444 g/mol. The average molecular weight is 445 g/mol. The Labute approximate surface area is 186 Å². The van der Waals surface area contributed by atoms with Crippen molar-refractivity contribution in [2.75, 3.05) is 11.1 Å². The van der Waals surface area contributed by atoms with Gasteiger partial charge in [-0.2, -0.15) is 0 Å². The third-order valence-corrected chi connectivity index (χ3v) is 6.11. The van der Waals surface area contributed by atoms with Crippen LogP contribution in [0.15, 0.2) is 41.6 Å². The minimum absolute atomic E-state index is 0.121. The Kier molecular flexibility index (Phi) is 7.39. The zero-order valence-corrected chi connectivity index (χ0v) is 19.1. The number of rotatable bonds is 8. The number of aryl methyl sites for hydroxylation is 2. The van der Waals surface area contributed by atoms with E-state index < -0.39 is 0 Å². The first-order valence-electron chi connectivity index (χ1n) is 9.69. The van der Waals surface area contributed by atoms with Crippen molar-refractivity contribution in [3.05, 3.63) is 63.9 Å². The number of halogens is 1. The van der Waals surface area contributed by atoms with E-state index in [1.807, 2.05) is 62.6 Å². The predicted molar refractivity (Wildman–Crippen MR) is 121 cm³/mol. The van der Waals surface area contributed by atoms with Gasteiger partial charge in [-0.3, -0.25) is 4.79 Å². The van der Waals surface area contributed by atoms with Crippen molar-refractivity contribution in [3.63, 3.8) is 0 Å². The Morgan fingerprint density at radius 3 is 2.53 bits per heavy atom. The topological polar surface area (TPSA) is 69.0 Å². The van der Waals surface area contributed by atoms with Crippen LogP contribution in [0.4, 0.5) is 5.69 Å². The summed E-state index contributed by atoms with van der Waals surface area (Å²) in [6.07, 6.45) is 0. The van der Waals surface area contributed by atoms with Crippen LogP contribution in [0.5, 0.6) is 5.75 Å². The molecule has 0 aliphatic carbocycles. The maximum absolute atomic E-state index is 12.4. The molecule has 3 aromatic rings. The lowest BCUT2D eigenvalue weighted by Gasteiger charge is -2.12. The highest BCUT2D eigenvalue weighted by Crippen LogP contribution is 2.25. The van der Waals surface area contributed by atoms with E-state index in [4.69, 9.17) is 16.3 Å². The number of amides is 1. The van der Waals surface area contributed by atoms with E-state index in [0.717, 1.165) is 28.3 Å². The molecule has 0 radical (unpaired) electrons. The van der Waals surface area contributed by atoms with E-state index >= 15 is 0 Å². The van der Waals surface area contributed by atoms with Crippen molar-refractivity contribution in [2.24, 2.45) is 0 Å². The van der Waals surface area contributed by atoms with Crippen LogP contribution in [0.1, 0.15) is 29.4 Å². The van der Waals surface area contributed by atoms with E-state index in [2.05, 4.69) is 15.5 Å². The minimum Gasteiger partial charge on any atom is -0.485 e. The first-order valence-corrected chi connectivity index (χ1v) is 11.1. The van der Waals surface area contributed by atoms with Gasteiger partial charge < -0.3 is 14.6 Å². The number of nitrogens with zero attached hydrogens (tertiary/aromatic N) is 3. The van der Waals surface area contributed by atoms with E-state index in [-0.39, 0.29) is 11.7 Å². The first-order chi connectivity index (χ1) is 14.4. The molecule has 8 heteroatoms. The molecule has 0 unspecified atom stereocenters. The van der Waals surface area contributed by atoms with Crippen molar-refractivity contribution in [2.45, 2.75) is 46.0 Å². The molecule has 0 atom stereocenters. The molecule has 30 heavy (non-hydrogen) atoms. The second kappa shape index (κ2) is 10.00. The van der Waals surface area contributed by atoms with Crippen LogP contribution in [0.2, 0.25) is 5.02 Å². The zero-order chi connectivity index (χ0) is 21.7. The van der Waals surface area contributed by atoms with Crippen molar-refractivity contribution >= 4 is 35.0 Å². The minimum atomic E-state index is -0.121. The maximum atomic E-state index is 12.4. The molecular formula is C22H25ClN4O2S. The molecule has 158 valence electrons. The van der Waals surface area contributed by atoms with Gasteiger partial charge >= 0.3 is 0 Å². The summed E-state index contributed by atoms with van der Waals surface area (Å²) in [5.41, 5.74) is 3.73. The zero-order valence-electron chi connectivity index (χ0n) is 17.5. The number of hydrogen-bond donors (Lipinski definition) is 1. The van der Waals surface area contributed by atoms with Gasteiger partial charge in [-0.15, -0.1) is 10.2 Å². The molecule has 1 heterocycles. The lowest BCUT2D eigenvalue weighted by molar-refractivity contribution is -0.113. The summed E-state index contributed by atoms with van der Waals surface area (Å²) < 4.78 is 7.98. The lowest BCUT2D eigenvalue weighted by Crippen LogP contribution is -2.15. The maximum Gasteiger partial charge on any atom is 0.234 e. The van der Waals surface area contributed by atoms with E-state index in [1.54, 1.807) is 6.07 Å². The molecule has 3 rings (SSSR count). The van der Waals surface area contributed by atoms with Gasteiger partial charge in [0.05, 0.1) is 5.75 Å². The molecule has 0 bridgehead atoms. The predicted octanol–water partition coefficient (Wildman–Crippen LogP) is 5.19. The molecule has 0 aliphatic heterocycles. The highest BCUT2D eigenvalue weighted by atomic mass is 35.5. The quantitative estimate of drug-likeness (QED) is 0.484. The highest BCUT2D eigenvalue weighted by Gasteiger charge is 2.15. The van der Waals surface area contributed by atoms with E-state index in [0.29, 0.717) is 29.0 Å². The van der Waals surface area contributed by atoms with Crippen molar-refractivity contribution in [1.29, 1.82) is 0 Å². The SMILES string of the molecule is CCn1c(COc2c(C)cccc2C)nnc1SCC(=O)Nc1cccc(Cl)c1C. The Hall–Kier alpha value is -2.51. The van der Waals surface area contributed by atoms with Gasteiger partial charge in [0.1, 0.15) is 12.4 Å². The summed E-state index contributed by atoms with van der Waals surface area (Å²) >= 11 is 7.46. The summed E-state index contributed by atoms with van der Waals surface area (Å²) in [6, 6.07) is 11.5. The van der Waals surface area contributed by atoms with Crippen molar-refractivity contribution in [1.82, 2.24) is 14.8 Å². The standard InChI is InChI=1S/C22H25ClN4O2S/c1-5-27-19(12-29-21-14(2)8-6-9-15(21)3)25-26-22(27)30-13-20(28)24-18-11-7-10-17(23)16(18)4/h6-11H,5,12-13H2,1-4H3,(H,24,28). The Morgan fingerprint density at radius 1 is 1.13 bits per heavy atom. The highest BCUT2D eigenvalue weighted by molar-refractivity contribution is 7.99. The van der Waals surface area contributed by atoms with Gasteiger partial charge in [0.15, 0.2) is 11.0 Å². The number of thioether (sulfide) groups is 1. The number of carbonyl (C=O) groups is 1. The number of hydrogen-bond acceptors (Lipinski definition) is 5. The fourth-order valence-electron chi connectivity index (χ4n) is 3.07. The molecule has 0 saturated carbocycles. The molecular weight excluding hydrogens is 420 g/mol. The van der Waals surface area contributed by atoms with Gasteiger partial charge in [-0.05, 0) is 56.5 Å². The summed E-state index contributed by atoms with van der Waals surface area (Å²) in [4.78, 5) is 12.4. The van der Waals surface area contributed by atoms with Gasteiger partial charge in [0.2, 0.25) is 5.91 Å². The summed E-state index contributed by atoms with van der Waals surface area (Å²) in [6.45, 7) is 8.95. The number of para-hydroxylation sites is 1. The molecule has 1 amide bonds. The second-order valence-electron chi connectivity index (χ2n) is 6.90. The first kappa shape index (κ1) is 22.2. The van der Waals surface area contributed by atoms with Crippen LogP contribution in [-0.2, 0) is 17.9 Å². The Bertz CT molecular complexity index is 1030. The van der Waals surface area contributed by atoms with Gasteiger partial charge in [-0.25, -0.2) is 0 Å². The van der Waals surface area contributed by atoms with Crippen LogP contribution in [0, 0.1) is 20.8 Å². The Balaban J connectivity index is 1.62. The molecule has 6 nitrogen and oxygen atoms in total. The number of ether oxygens (including phenoxy) is 1. The fourth-order valence-corrected chi connectivity index (χ4v) is 4.07. The van der Waals surface area contributed by atoms with Crippen LogP contribution in [0.3, 0.4) is 0 Å². The number of benzene rings is 2. The van der Waals surface area contributed by atoms with E-state index in [1.165, 1.54) is 11.8 Å². The molecule has 2 aromatic carbocycles. The van der Waals surface area contributed by atoms with Crippen molar-refractivity contribution < 1.29 is 9.53 Å². The van der Waals surface area contributed by atoms with Crippen LogP contribution in [-0.4, -0.2) is 26.4 Å². The fraction of sp³-hybridized carbons (Fsp3) is 0.318. The third-order valence-electron chi connectivity index (χ3n) is 4.74. The lowest BCUT2D eigenvalue weighted by atomic mass is 10.1. The molecule has 0 aliphatic rings. The smallest absolute Gasteiger partial charge is 0.234 e. The van der Waals surface area contributed by atoms with Gasteiger partial charge in [0, 0.05) is 17.3 Å². The van der Waals surface area contributed by atoms with Crippen LogP contribution >= 0.6 is 23.4 Å². The second-order valence-corrected chi connectivity index (χ2v) is 8.25. The number of nitrogens with one attached hydrogen (secondary N) is 1. The van der Waals surface area contributed by atoms with Crippen molar-refractivity contribution in [3.8, 4) is 5.75 Å². The number of anilines is 1. The summed E-state index contributed by atoms with van der Waals surface area (Å²) in [5.74, 6) is 1.70. The van der Waals surface area contributed by atoms with Crippen LogP contribution < -0.4 is 10.1 Å². The summed E-state index contributed by atoms with van der Waals surface area (Å²) in [5, 5.41) is 12.7. The van der Waals surface area contributed by atoms with E-state index in [9.17, 15) is 4.79 Å². The van der Waals surface area contributed by atoms with Gasteiger partial charge in [0.25, 0.3) is 0 Å². The molecule has 0 spiro atoms. The third kappa shape index (κ3) is 5.15. The number of aromatic nitrogens is 3. The molecule has 1 N–H and O–H groups in total.